The SMILES string of the molecule is CC(C)n1cc(C(=O)c2cncc(NC(=O)Cc3ccc(C(F)(F)F)cc3)c2)c2cnc(N)nc21. The number of carbonyl (C=O) groups excluding carboxylic acids is 2. The zero-order chi connectivity index (χ0) is 25.3. The van der Waals surface area contributed by atoms with Gasteiger partial charge in [0.25, 0.3) is 0 Å². The molecule has 1 aromatic carbocycles. The second-order valence-electron chi connectivity index (χ2n) is 8.22. The van der Waals surface area contributed by atoms with E-state index < -0.39 is 17.6 Å². The van der Waals surface area contributed by atoms with E-state index in [4.69, 9.17) is 5.73 Å². The third-order valence-electron chi connectivity index (χ3n) is 5.32. The molecule has 0 spiro atoms. The average molecular weight is 482 g/mol. The Morgan fingerprint density at radius 1 is 1.11 bits per heavy atom. The molecule has 0 aliphatic carbocycles. The van der Waals surface area contributed by atoms with Crippen LogP contribution in [0.4, 0.5) is 24.8 Å². The van der Waals surface area contributed by atoms with Crippen molar-refractivity contribution in [3.05, 3.63) is 77.4 Å². The van der Waals surface area contributed by atoms with E-state index in [0.29, 0.717) is 22.2 Å². The highest BCUT2D eigenvalue weighted by Gasteiger charge is 2.30. The molecule has 0 radical (unpaired) electrons. The molecule has 0 atom stereocenters. The molecule has 11 heteroatoms. The first-order chi connectivity index (χ1) is 16.5. The van der Waals surface area contributed by atoms with Crippen molar-refractivity contribution in [3.8, 4) is 0 Å². The van der Waals surface area contributed by atoms with Gasteiger partial charge in [-0.05, 0) is 37.6 Å². The van der Waals surface area contributed by atoms with Crippen LogP contribution in [0.25, 0.3) is 11.0 Å². The van der Waals surface area contributed by atoms with Crippen molar-refractivity contribution in [1.82, 2.24) is 19.5 Å². The maximum atomic E-state index is 13.3. The number of nitrogen functional groups attached to an aromatic ring is 1. The van der Waals surface area contributed by atoms with Gasteiger partial charge in [0, 0.05) is 35.6 Å². The van der Waals surface area contributed by atoms with E-state index in [1.54, 1.807) is 6.20 Å². The van der Waals surface area contributed by atoms with Gasteiger partial charge >= 0.3 is 6.18 Å². The van der Waals surface area contributed by atoms with Crippen LogP contribution in [0.1, 0.15) is 46.9 Å². The number of carbonyl (C=O) groups is 2. The third kappa shape index (κ3) is 5.13. The molecule has 4 aromatic rings. The molecule has 3 N–H and O–H groups in total. The number of amides is 1. The zero-order valence-corrected chi connectivity index (χ0v) is 18.8. The van der Waals surface area contributed by atoms with Crippen molar-refractivity contribution in [2.24, 2.45) is 0 Å². The van der Waals surface area contributed by atoms with Gasteiger partial charge in [0.05, 0.1) is 29.4 Å². The molecular formula is C24H21F3N6O2. The largest absolute Gasteiger partial charge is 0.416 e. The van der Waals surface area contributed by atoms with E-state index in [9.17, 15) is 22.8 Å². The highest BCUT2D eigenvalue weighted by Crippen LogP contribution is 2.29. The van der Waals surface area contributed by atoms with Gasteiger partial charge in [0.1, 0.15) is 5.65 Å². The van der Waals surface area contributed by atoms with Crippen LogP contribution in [0.5, 0.6) is 0 Å². The lowest BCUT2D eigenvalue weighted by molar-refractivity contribution is -0.137. The average Bonchev–Trinajstić information content (AvgIpc) is 3.17. The molecule has 0 saturated heterocycles. The molecular weight excluding hydrogens is 461 g/mol. The van der Waals surface area contributed by atoms with Gasteiger partial charge in [-0.15, -0.1) is 0 Å². The second kappa shape index (κ2) is 9.16. The van der Waals surface area contributed by atoms with Gasteiger partial charge in [0.2, 0.25) is 11.9 Å². The Morgan fingerprint density at radius 2 is 1.83 bits per heavy atom. The van der Waals surface area contributed by atoms with Crippen LogP contribution in [0.15, 0.2) is 55.1 Å². The van der Waals surface area contributed by atoms with E-state index in [1.165, 1.54) is 36.8 Å². The first kappa shape index (κ1) is 23.9. The summed E-state index contributed by atoms with van der Waals surface area (Å²) in [5, 5.41) is 3.16. The number of alkyl halides is 3. The molecule has 1 amide bonds. The lowest BCUT2D eigenvalue weighted by Gasteiger charge is -2.09. The molecule has 0 unspecified atom stereocenters. The van der Waals surface area contributed by atoms with Crippen molar-refractivity contribution < 1.29 is 22.8 Å². The summed E-state index contributed by atoms with van der Waals surface area (Å²) in [6.45, 7) is 3.89. The number of aromatic nitrogens is 4. The summed E-state index contributed by atoms with van der Waals surface area (Å²) in [6, 6.07) is 5.85. The minimum atomic E-state index is -4.44. The summed E-state index contributed by atoms with van der Waals surface area (Å²) >= 11 is 0. The highest BCUT2D eigenvalue weighted by molar-refractivity contribution is 6.16. The van der Waals surface area contributed by atoms with Crippen LogP contribution in [0.2, 0.25) is 0 Å². The van der Waals surface area contributed by atoms with Crippen molar-refractivity contribution in [2.45, 2.75) is 32.5 Å². The number of ketones is 1. The number of halogens is 3. The summed E-state index contributed by atoms with van der Waals surface area (Å²) < 4.78 is 40.0. The van der Waals surface area contributed by atoms with Gasteiger partial charge in [-0.25, -0.2) is 4.98 Å². The fourth-order valence-corrected chi connectivity index (χ4v) is 3.61. The number of anilines is 2. The van der Waals surface area contributed by atoms with E-state index in [2.05, 4.69) is 20.3 Å². The molecule has 0 aliphatic heterocycles. The van der Waals surface area contributed by atoms with E-state index in [-0.39, 0.29) is 35.4 Å². The first-order valence-corrected chi connectivity index (χ1v) is 10.6. The van der Waals surface area contributed by atoms with Crippen molar-refractivity contribution in [2.75, 3.05) is 11.1 Å². The number of nitrogens with zero attached hydrogens (tertiary/aromatic N) is 4. The molecule has 4 rings (SSSR count). The summed E-state index contributed by atoms with van der Waals surface area (Å²) in [4.78, 5) is 38.0. The van der Waals surface area contributed by atoms with Gasteiger partial charge in [0.15, 0.2) is 5.78 Å². The molecule has 0 bridgehead atoms. The van der Waals surface area contributed by atoms with Crippen molar-refractivity contribution >= 4 is 34.4 Å². The number of hydrogen-bond donors (Lipinski definition) is 2. The number of rotatable bonds is 6. The maximum Gasteiger partial charge on any atom is 0.416 e. The zero-order valence-electron chi connectivity index (χ0n) is 18.8. The van der Waals surface area contributed by atoms with Crippen LogP contribution in [0, 0.1) is 0 Å². The standard InChI is InChI=1S/C24H21F3N6O2/c1-13(2)33-12-19(18-11-30-23(28)32-22(18)33)21(35)15-8-17(10-29-9-15)31-20(34)7-14-3-5-16(6-4-14)24(25,26)27/h3-6,8-13H,7H2,1-2H3,(H,31,34)(H2,28,30,32). The summed E-state index contributed by atoms with van der Waals surface area (Å²) in [5.41, 5.74) is 6.75. The van der Waals surface area contributed by atoms with E-state index in [1.807, 2.05) is 18.4 Å². The van der Waals surface area contributed by atoms with Crippen LogP contribution < -0.4 is 11.1 Å². The van der Waals surface area contributed by atoms with Gasteiger partial charge < -0.3 is 15.6 Å². The van der Waals surface area contributed by atoms with Crippen molar-refractivity contribution in [1.29, 1.82) is 0 Å². The van der Waals surface area contributed by atoms with Crippen molar-refractivity contribution in [3.63, 3.8) is 0 Å². The smallest absolute Gasteiger partial charge is 0.368 e. The Morgan fingerprint density at radius 3 is 2.49 bits per heavy atom. The summed E-state index contributed by atoms with van der Waals surface area (Å²) in [7, 11) is 0. The molecule has 35 heavy (non-hydrogen) atoms. The Bertz CT molecular complexity index is 1410. The first-order valence-electron chi connectivity index (χ1n) is 10.6. The number of hydrogen-bond acceptors (Lipinski definition) is 6. The molecule has 0 fully saturated rings. The third-order valence-corrected chi connectivity index (χ3v) is 5.32. The number of nitrogens with two attached hydrogens (primary N) is 1. The molecule has 0 aliphatic rings. The fourth-order valence-electron chi connectivity index (χ4n) is 3.61. The number of benzene rings is 1. The van der Waals surface area contributed by atoms with Crippen LogP contribution in [-0.4, -0.2) is 31.2 Å². The lowest BCUT2D eigenvalue weighted by Crippen LogP contribution is -2.15. The highest BCUT2D eigenvalue weighted by atomic mass is 19.4. The molecule has 180 valence electrons. The predicted molar refractivity (Wildman–Crippen MR) is 124 cm³/mol. The monoisotopic (exact) mass is 482 g/mol. The molecule has 8 nitrogen and oxygen atoms in total. The predicted octanol–water partition coefficient (Wildman–Crippen LogP) is 4.42. The minimum Gasteiger partial charge on any atom is -0.368 e. The topological polar surface area (TPSA) is 116 Å². The summed E-state index contributed by atoms with van der Waals surface area (Å²) in [5.74, 6) is -0.707. The Hall–Kier alpha value is -4.28. The number of fused-ring (bicyclic) bond motifs is 1. The normalized spacial score (nSPS) is 11.7. The Kier molecular flexibility index (Phi) is 6.25. The van der Waals surface area contributed by atoms with Gasteiger partial charge in [-0.3, -0.25) is 14.6 Å². The number of nitrogens with one attached hydrogen (secondary N) is 1. The molecule has 0 saturated carbocycles. The van der Waals surface area contributed by atoms with Crippen LogP contribution in [0.3, 0.4) is 0 Å². The quantitative estimate of drug-likeness (QED) is 0.393. The fraction of sp³-hybridized carbons (Fsp3) is 0.208. The van der Waals surface area contributed by atoms with E-state index >= 15 is 0 Å². The lowest BCUT2D eigenvalue weighted by atomic mass is 10.1. The van der Waals surface area contributed by atoms with Crippen LogP contribution >= 0.6 is 0 Å². The molecule has 3 aromatic heterocycles. The Balaban J connectivity index is 1.53. The van der Waals surface area contributed by atoms with E-state index in [0.717, 1.165) is 12.1 Å². The van der Waals surface area contributed by atoms with Crippen LogP contribution in [-0.2, 0) is 17.4 Å². The van der Waals surface area contributed by atoms with Gasteiger partial charge in [-0.1, -0.05) is 12.1 Å². The van der Waals surface area contributed by atoms with Gasteiger partial charge in [-0.2, -0.15) is 18.2 Å². The summed E-state index contributed by atoms with van der Waals surface area (Å²) in [6.07, 6.45) is 1.35. The second-order valence-corrected chi connectivity index (χ2v) is 8.22. The maximum absolute atomic E-state index is 13.3. The Labute approximate surface area is 198 Å². The molecule has 3 heterocycles. The number of pyridine rings is 1. The minimum absolute atomic E-state index is 0.0160.